The third-order valence-electron chi connectivity index (χ3n) is 3.94. The highest BCUT2D eigenvalue weighted by Crippen LogP contribution is 2.17. The molecule has 128 valence electrons. The number of allylic oxidation sites excluding steroid dienone is 1. The molecule has 0 bridgehead atoms. The van der Waals surface area contributed by atoms with Crippen LogP contribution >= 0.6 is 0 Å². The smallest absolute Gasteiger partial charge is 0.343 e. The predicted molar refractivity (Wildman–Crippen MR) is 102 cm³/mol. The zero-order valence-corrected chi connectivity index (χ0v) is 14.4. The van der Waals surface area contributed by atoms with Crippen LogP contribution in [-0.4, -0.2) is 11.8 Å². The topological polar surface area (TPSA) is 43.4 Å². The average molecular weight is 342 g/mol. The Kier molecular flexibility index (Phi) is 5.40. The highest BCUT2D eigenvalue weighted by atomic mass is 16.5. The number of hydrogen-bond donors (Lipinski definition) is 0. The van der Waals surface area contributed by atoms with Crippen molar-refractivity contribution in [2.45, 2.75) is 6.92 Å². The molecule has 3 aromatic rings. The van der Waals surface area contributed by atoms with Gasteiger partial charge < -0.3 is 4.74 Å². The zero-order chi connectivity index (χ0) is 18.4. The van der Waals surface area contributed by atoms with E-state index >= 15 is 0 Å². The van der Waals surface area contributed by atoms with Crippen LogP contribution in [0.3, 0.4) is 0 Å². The van der Waals surface area contributed by atoms with Crippen LogP contribution < -0.4 is 4.74 Å². The molecule has 0 heterocycles. The van der Waals surface area contributed by atoms with Gasteiger partial charge in [0, 0.05) is 5.56 Å². The minimum atomic E-state index is -0.411. The fourth-order valence-electron chi connectivity index (χ4n) is 2.48. The Hall–Kier alpha value is -3.46. The Morgan fingerprint density at radius 3 is 2.15 bits per heavy atom. The van der Waals surface area contributed by atoms with Gasteiger partial charge in [-0.2, -0.15) is 0 Å². The van der Waals surface area contributed by atoms with Gasteiger partial charge in [0.25, 0.3) is 0 Å². The second kappa shape index (κ2) is 8.08. The summed E-state index contributed by atoms with van der Waals surface area (Å²) in [6.07, 6.45) is 3.30. The molecule has 0 unspecified atom stereocenters. The lowest BCUT2D eigenvalue weighted by Crippen LogP contribution is -2.10. The van der Waals surface area contributed by atoms with E-state index in [-0.39, 0.29) is 5.78 Å². The van der Waals surface area contributed by atoms with Gasteiger partial charge in [0.2, 0.25) is 0 Å². The number of esters is 1. The van der Waals surface area contributed by atoms with E-state index in [0.29, 0.717) is 16.9 Å². The molecule has 0 aromatic heterocycles. The first kappa shape index (κ1) is 17.4. The molecule has 3 heteroatoms. The normalized spacial score (nSPS) is 10.7. The van der Waals surface area contributed by atoms with Gasteiger partial charge in [-0.25, -0.2) is 4.79 Å². The SMILES string of the molecule is Cc1ccccc1C(=O)Oc1ccc(C(=O)C=Cc2ccccc2)cc1. The van der Waals surface area contributed by atoms with E-state index in [1.165, 1.54) is 6.08 Å². The molecule has 0 fully saturated rings. The molecule has 0 saturated heterocycles. The Bertz CT molecular complexity index is 939. The average Bonchev–Trinajstić information content (AvgIpc) is 2.68. The van der Waals surface area contributed by atoms with Gasteiger partial charge in [-0.3, -0.25) is 4.79 Å². The molecule has 0 aliphatic rings. The summed E-state index contributed by atoms with van der Waals surface area (Å²) in [4.78, 5) is 24.4. The maximum atomic E-state index is 12.2. The van der Waals surface area contributed by atoms with Crippen molar-refractivity contribution in [2.75, 3.05) is 0 Å². The molecule has 0 atom stereocenters. The van der Waals surface area contributed by atoms with Gasteiger partial charge in [0.15, 0.2) is 5.78 Å². The minimum absolute atomic E-state index is 0.106. The maximum absolute atomic E-state index is 12.2. The molecular weight excluding hydrogens is 324 g/mol. The van der Waals surface area contributed by atoms with Gasteiger partial charge in [-0.05, 0) is 54.5 Å². The van der Waals surface area contributed by atoms with Crippen molar-refractivity contribution in [1.29, 1.82) is 0 Å². The first-order valence-corrected chi connectivity index (χ1v) is 8.29. The van der Waals surface area contributed by atoms with Crippen LogP contribution in [0.2, 0.25) is 0 Å². The second-order valence-corrected chi connectivity index (χ2v) is 5.84. The zero-order valence-electron chi connectivity index (χ0n) is 14.4. The van der Waals surface area contributed by atoms with Gasteiger partial charge in [-0.1, -0.05) is 54.6 Å². The summed E-state index contributed by atoms with van der Waals surface area (Å²) >= 11 is 0. The number of carbonyl (C=O) groups is 2. The van der Waals surface area contributed by atoms with Crippen LogP contribution in [0.25, 0.3) is 6.08 Å². The molecule has 3 aromatic carbocycles. The number of aryl methyl sites for hydroxylation is 1. The fourth-order valence-corrected chi connectivity index (χ4v) is 2.48. The Morgan fingerprint density at radius 2 is 1.46 bits per heavy atom. The first-order chi connectivity index (χ1) is 12.6. The lowest BCUT2D eigenvalue weighted by Gasteiger charge is -2.07. The summed E-state index contributed by atoms with van der Waals surface area (Å²) in [5.74, 6) is -0.112. The molecule has 0 radical (unpaired) electrons. The third-order valence-corrected chi connectivity index (χ3v) is 3.94. The van der Waals surface area contributed by atoms with Crippen LogP contribution in [0.1, 0.15) is 31.8 Å². The van der Waals surface area contributed by atoms with E-state index in [4.69, 9.17) is 4.74 Å². The molecule has 3 nitrogen and oxygen atoms in total. The summed E-state index contributed by atoms with van der Waals surface area (Å²) in [6, 6.07) is 23.4. The Labute approximate surface area is 152 Å². The summed E-state index contributed by atoms with van der Waals surface area (Å²) in [6.45, 7) is 1.86. The summed E-state index contributed by atoms with van der Waals surface area (Å²) in [5, 5.41) is 0. The van der Waals surface area contributed by atoms with Crippen molar-refractivity contribution < 1.29 is 14.3 Å². The van der Waals surface area contributed by atoms with Crippen molar-refractivity contribution in [1.82, 2.24) is 0 Å². The van der Waals surface area contributed by atoms with E-state index in [1.807, 2.05) is 49.4 Å². The molecule has 3 rings (SSSR count). The largest absolute Gasteiger partial charge is 0.423 e. The predicted octanol–water partition coefficient (Wildman–Crippen LogP) is 5.11. The second-order valence-electron chi connectivity index (χ2n) is 5.84. The van der Waals surface area contributed by atoms with Gasteiger partial charge in [-0.15, -0.1) is 0 Å². The molecule has 0 saturated carbocycles. The number of rotatable bonds is 5. The number of carbonyl (C=O) groups excluding carboxylic acids is 2. The van der Waals surface area contributed by atoms with Gasteiger partial charge >= 0.3 is 5.97 Å². The number of ether oxygens (including phenoxy) is 1. The number of ketones is 1. The van der Waals surface area contributed by atoms with E-state index in [9.17, 15) is 9.59 Å². The first-order valence-electron chi connectivity index (χ1n) is 8.29. The van der Waals surface area contributed by atoms with Crippen molar-refractivity contribution >= 4 is 17.8 Å². The van der Waals surface area contributed by atoms with Crippen LogP contribution in [0.15, 0.2) is 84.9 Å². The lowest BCUT2D eigenvalue weighted by molar-refractivity contribution is 0.0734. The third kappa shape index (κ3) is 4.33. The van der Waals surface area contributed by atoms with Crippen LogP contribution in [0.5, 0.6) is 5.75 Å². The van der Waals surface area contributed by atoms with Crippen LogP contribution in [0.4, 0.5) is 0 Å². The molecule has 26 heavy (non-hydrogen) atoms. The van der Waals surface area contributed by atoms with E-state index in [1.54, 1.807) is 42.5 Å². The summed E-state index contributed by atoms with van der Waals surface area (Å²) < 4.78 is 5.38. The van der Waals surface area contributed by atoms with E-state index in [0.717, 1.165) is 11.1 Å². The molecule has 0 spiro atoms. The number of benzene rings is 3. The lowest BCUT2D eigenvalue weighted by atomic mass is 10.1. The standard InChI is InChI=1S/C23H18O3/c1-17-7-5-6-10-21(17)23(25)26-20-14-12-19(13-15-20)22(24)16-11-18-8-3-2-4-9-18/h2-16H,1H3. The highest BCUT2D eigenvalue weighted by molar-refractivity contribution is 6.06. The summed E-state index contributed by atoms with van der Waals surface area (Å²) in [7, 11) is 0. The van der Waals surface area contributed by atoms with Crippen LogP contribution in [0, 0.1) is 6.92 Å². The molecule has 0 amide bonds. The van der Waals surface area contributed by atoms with E-state index < -0.39 is 5.97 Å². The number of hydrogen-bond acceptors (Lipinski definition) is 3. The Morgan fingerprint density at radius 1 is 0.808 bits per heavy atom. The minimum Gasteiger partial charge on any atom is -0.423 e. The van der Waals surface area contributed by atoms with Crippen molar-refractivity contribution in [2.24, 2.45) is 0 Å². The van der Waals surface area contributed by atoms with Crippen molar-refractivity contribution in [3.05, 3.63) is 107 Å². The van der Waals surface area contributed by atoms with Crippen LogP contribution in [-0.2, 0) is 0 Å². The molecular formula is C23H18O3. The molecule has 0 aliphatic carbocycles. The van der Waals surface area contributed by atoms with Crippen molar-refractivity contribution in [3.8, 4) is 5.75 Å². The quantitative estimate of drug-likeness (QED) is 0.280. The van der Waals surface area contributed by atoms with Crippen molar-refractivity contribution in [3.63, 3.8) is 0 Å². The summed E-state index contributed by atoms with van der Waals surface area (Å²) in [5.41, 5.74) is 2.88. The highest BCUT2D eigenvalue weighted by Gasteiger charge is 2.11. The maximum Gasteiger partial charge on any atom is 0.343 e. The van der Waals surface area contributed by atoms with E-state index in [2.05, 4.69) is 0 Å². The monoisotopic (exact) mass is 342 g/mol. The molecule has 0 N–H and O–H groups in total. The van der Waals surface area contributed by atoms with Gasteiger partial charge in [0.05, 0.1) is 5.56 Å². The fraction of sp³-hybridized carbons (Fsp3) is 0.0435. The Balaban J connectivity index is 1.67. The molecule has 0 aliphatic heterocycles. The van der Waals surface area contributed by atoms with Gasteiger partial charge in [0.1, 0.15) is 5.75 Å².